The Bertz CT molecular complexity index is 960. The number of hydrogen-bond acceptors (Lipinski definition) is 4. The molecule has 3 aromatic rings. The fraction of sp³-hybridized carbons (Fsp3) is 0.105. The lowest BCUT2D eigenvalue weighted by Gasteiger charge is -2.11. The molecule has 0 aliphatic carbocycles. The zero-order chi connectivity index (χ0) is 18.7. The van der Waals surface area contributed by atoms with E-state index >= 15 is 0 Å². The highest BCUT2D eigenvalue weighted by Crippen LogP contribution is 2.21. The number of hydrogen-bond donors (Lipinski definition) is 2. The van der Waals surface area contributed by atoms with Gasteiger partial charge >= 0.3 is 0 Å². The van der Waals surface area contributed by atoms with E-state index in [1.165, 1.54) is 18.2 Å². The second kappa shape index (κ2) is 7.49. The lowest BCUT2D eigenvalue weighted by molar-refractivity contribution is 0.102. The number of carbonyl (C=O) groups excluding carboxylic acids is 1. The lowest BCUT2D eigenvalue weighted by atomic mass is 10.2. The highest BCUT2D eigenvalue weighted by molar-refractivity contribution is 6.30. The van der Waals surface area contributed by atoms with Crippen LogP contribution in [-0.4, -0.2) is 15.9 Å². The van der Waals surface area contributed by atoms with Crippen molar-refractivity contribution in [1.29, 1.82) is 0 Å². The van der Waals surface area contributed by atoms with Gasteiger partial charge in [-0.2, -0.15) is 0 Å². The van der Waals surface area contributed by atoms with Crippen molar-refractivity contribution in [3.8, 4) is 0 Å². The molecule has 0 atom stereocenters. The van der Waals surface area contributed by atoms with E-state index in [9.17, 15) is 9.18 Å². The van der Waals surface area contributed by atoms with Gasteiger partial charge < -0.3 is 10.6 Å². The third-order valence-corrected chi connectivity index (χ3v) is 3.86. The van der Waals surface area contributed by atoms with E-state index in [4.69, 9.17) is 11.6 Å². The molecule has 0 radical (unpaired) electrons. The highest BCUT2D eigenvalue weighted by atomic mass is 35.5. The first-order chi connectivity index (χ1) is 12.4. The summed E-state index contributed by atoms with van der Waals surface area (Å²) < 4.78 is 13.0. The Balaban J connectivity index is 1.82. The minimum Gasteiger partial charge on any atom is -0.340 e. The first-order valence-corrected chi connectivity index (χ1v) is 8.24. The number of benzene rings is 2. The predicted molar refractivity (Wildman–Crippen MR) is 101 cm³/mol. The van der Waals surface area contributed by atoms with Gasteiger partial charge in [0.25, 0.3) is 5.91 Å². The van der Waals surface area contributed by atoms with Crippen LogP contribution in [0, 0.1) is 19.7 Å². The van der Waals surface area contributed by atoms with Gasteiger partial charge in [0, 0.05) is 22.5 Å². The van der Waals surface area contributed by atoms with Gasteiger partial charge in [-0.05, 0) is 61.9 Å². The van der Waals surface area contributed by atoms with Crippen molar-refractivity contribution in [2.45, 2.75) is 13.8 Å². The number of nitrogens with one attached hydrogen (secondary N) is 2. The van der Waals surface area contributed by atoms with E-state index in [2.05, 4.69) is 20.6 Å². The second-order valence-corrected chi connectivity index (χ2v) is 6.17. The Kier molecular flexibility index (Phi) is 5.14. The molecule has 1 amide bonds. The van der Waals surface area contributed by atoms with Crippen molar-refractivity contribution in [2.24, 2.45) is 0 Å². The third kappa shape index (κ3) is 4.34. The molecular weight excluding hydrogens is 355 g/mol. The normalized spacial score (nSPS) is 10.5. The average molecular weight is 371 g/mol. The van der Waals surface area contributed by atoms with Gasteiger partial charge in [-0.1, -0.05) is 11.6 Å². The maximum absolute atomic E-state index is 13.0. The van der Waals surface area contributed by atoms with Crippen molar-refractivity contribution >= 4 is 34.7 Å². The Labute approximate surface area is 155 Å². The summed E-state index contributed by atoms with van der Waals surface area (Å²) in [4.78, 5) is 21.0. The molecule has 0 aliphatic rings. The second-order valence-electron chi connectivity index (χ2n) is 5.73. The van der Waals surface area contributed by atoms with E-state index in [-0.39, 0.29) is 17.4 Å². The van der Waals surface area contributed by atoms with Gasteiger partial charge in [0.05, 0.1) is 0 Å². The number of amides is 1. The molecule has 0 unspecified atom stereocenters. The predicted octanol–water partition coefficient (Wildman–Crippen LogP) is 4.88. The Morgan fingerprint density at radius 3 is 2.46 bits per heavy atom. The van der Waals surface area contributed by atoms with Crippen molar-refractivity contribution in [3.63, 3.8) is 0 Å². The van der Waals surface area contributed by atoms with Crippen LogP contribution in [0.4, 0.5) is 21.6 Å². The molecule has 26 heavy (non-hydrogen) atoms. The number of carbonyl (C=O) groups is 1. The number of halogens is 2. The monoisotopic (exact) mass is 370 g/mol. The maximum Gasteiger partial charge on any atom is 0.274 e. The molecule has 1 heterocycles. The third-order valence-electron chi connectivity index (χ3n) is 3.62. The minimum absolute atomic E-state index is 0.219. The summed E-state index contributed by atoms with van der Waals surface area (Å²) in [6.07, 6.45) is 0. The van der Waals surface area contributed by atoms with Crippen LogP contribution in [0.5, 0.6) is 0 Å². The van der Waals surface area contributed by atoms with Crippen molar-refractivity contribution in [2.75, 3.05) is 10.6 Å². The molecule has 2 aromatic carbocycles. The molecule has 0 saturated heterocycles. The van der Waals surface area contributed by atoms with Gasteiger partial charge in [0.2, 0.25) is 0 Å². The van der Waals surface area contributed by atoms with Gasteiger partial charge in [-0.3, -0.25) is 4.79 Å². The summed E-state index contributed by atoms with van der Waals surface area (Å²) >= 11 is 5.93. The van der Waals surface area contributed by atoms with E-state index < -0.39 is 0 Å². The molecule has 132 valence electrons. The smallest absolute Gasteiger partial charge is 0.274 e. The summed E-state index contributed by atoms with van der Waals surface area (Å²) in [6, 6.07) is 12.6. The molecule has 1 aromatic heterocycles. The molecule has 0 aliphatic heterocycles. The standard InChI is InChI=1S/C19H16ClFN4O/c1-11-9-13(20)3-8-16(11)25-19(26)17-10-18(23-12(2)22-17)24-15-6-4-14(21)5-7-15/h3-10H,1-2H3,(H,25,26)(H,22,23,24). The van der Waals surface area contributed by atoms with E-state index in [1.807, 2.05) is 6.92 Å². The molecule has 3 rings (SSSR count). The molecular formula is C19H16ClFN4O. The lowest BCUT2D eigenvalue weighted by Crippen LogP contribution is -2.16. The molecule has 7 heteroatoms. The zero-order valence-corrected chi connectivity index (χ0v) is 14.9. The van der Waals surface area contributed by atoms with Crippen LogP contribution < -0.4 is 10.6 Å². The number of aromatic nitrogens is 2. The largest absolute Gasteiger partial charge is 0.340 e. The maximum atomic E-state index is 13.0. The number of nitrogens with zero attached hydrogens (tertiary/aromatic N) is 2. The van der Waals surface area contributed by atoms with Crippen LogP contribution in [0.25, 0.3) is 0 Å². The van der Waals surface area contributed by atoms with Gasteiger partial charge in [0.15, 0.2) is 0 Å². The van der Waals surface area contributed by atoms with Gasteiger partial charge in [-0.25, -0.2) is 14.4 Å². The van der Waals surface area contributed by atoms with Gasteiger partial charge in [-0.15, -0.1) is 0 Å². The van der Waals surface area contributed by atoms with Crippen LogP contribution in [-0.2, 0) is 0 Å². The number of anilines is 3. The molecule has 0 saturated carbocycles. The minimum atomic E-state index is -0.358. The summed E-state index contributed by atoms with van der Waals surface area (Å²) in [7, 11) is 0. The molecule has 0 spiro atoms. The zero-order valence-electron chi connectivity index (χ0n) is 14.2. The fourth-order valence-corrected chi connectivity index (χ4v) is 2.61. The molecule has 5 nitrogen and oxygen atoms in total. The molecule has 2 N–H and O–H groups in total. The Morgan fingerprint density at radius 1 is 1.04 bits per heavy atom. The highest BCUT2D eigenvalue weighted by Gasteiger charge is 2.12. The quantitative estimate of drug-likeness (QED) is 0.686. The molecule has 0 fully saturated rings. The first-order valence-electron chi connectivity index (χ1n) is 7.86. The SMILES string of the molecule is Cc1nc(Nc2ccc(F)cc2)cc(C(=O)Nc2ccc(Cl)cc2C)n1. The Morgan fingerprint density at radius 2 is 1.77 bits per heavy atom. The van der Waals surface area contributed by atoms with Crippen molar-refractivity contribution < 1.29 is 9.18 Å². The van der Waals surface area contributed by atoms with Crippen LogP contribution in [0.15, 0.2) is 48.5 Å². The summed E-state index contributed by atoms with van der Waals surface area (Å²) in [6.45, 7) is 3.55. The van der Waals surface area contributed by atoms with Crippen LogP contribution in [0.2, 0.25) is 5.02 Å². The number of aryl methyl sites for hydroxylation is 2. The fourth-order valence-electron chi connectivity index (χ4n) is 2.38. The number of rotatable bonds is 4. The Hall–Kier alpha value is -2.99. The van der Waals surface area contributed by atoms with Crippen molar-refractivity contribution in [1.82, 2.24) is 9.97 Å². The first kappa shape index (κ1) is 17.8. The average Bonchev–Trinajstić information content (AvgIpc) is 2.59. The summed E-state index contributed by atoms with van der Waals surface area (Å²) in [5.41, 5.74) is 2.38. The van der Waals surface area contributed by atoms with E-state index in [1.54, 1.807) is 37.3 Å². The van der Waals surface area contributed by atoms with Gasteiger partial charge in [0.1, 0.15) is 23.2 Å². The van der Waals surface area contributed by atoms with E-state index in [0.717, 1.165) is 5.56 Å². The topological polar surface area (TPSA) is 66.9 Å². The van der Waals surface area contributed by atoms with Crippen LogP contribution >= 0.6 is 11.6 Å². The van der Waals surface area contributed by atoms with E-state index in [0.29, 0.717) is 28.0 Å². The summed E-state index contributed by atoms with van der Waals surface area (Å²) in [5.74, 6) is 0.202. The van der Waals surface area contributed by atoms with Crippen molar-refractivity contribution in [3.05, 3.63) is 76.5 Å². The van der Waals surface area contributed by atoms with Crippen LogP contribution in [0.3, 0.4) is 0 Å². The van der Waals surface area contributed by atoms with Crippen LogP contribution in [0.1, 0.15) is 21.9 Å². The molecule has 0 bridgehead atoms. The summed E-state index contributed by atoms with van der Waals surface area (Å²) in [5, 5.41) is 6.45.